The molecule has 152 valence electrons. The van der Waals surface area contributed by atoms with Crippen LogP contribution in [0.25, 0.3) is 28.2 Å². The summed E-state index contributed by atoms with van der Waals surface area (Å²) in [6, 6.07) is 24.8. The number of fused-ring (bicyclic) bond motifs is 1. The van der Waals surface area contributed by atoms with E-state index in [1.54, 1.807) is 18.2 Å². The van der Waals surface area contributed by atoms with Gasteiger partial charge in [0.25, 0.3) is 11.1 Å². The van der Waals surface area contributed by atoms with E-state index in [0.29, 0.717) is 21.4 Å². The van der Waals surface area contributed by atoms with Crippen LogP contribution >= 0.6 is 23.4 Å². The van der Waals surface area contributed by atoms with Gasteiger partial charge in [-0.25, -0.2) is 0 Å². The lowest BCUT2D eigenvalue weighted by atomic mass is 10.0. The topological polar surface area (TPSA) is 50.5 Å². The third kappa shape index (κ3) is 3.90. The number of nitrogens with zero attached hydrogens (tertiary/aromatic N) is 1. The van der Waals surface area contributed by atoms with Crippen molar-refractivity contribution in [2.75, 3.05) is 0 Å². The van der Waals surface area contributed by atoms with Gasteiger partial charge in [0.2, 0.25) is 0 Å². The first kappa shape index (κ1) is 19.7. The SMILES string of the molecule is O=C1S/C(=C/c2ccc(-c3cccc(Cl)c3)o2)C(=O)N1Cc1cccc2ccccc12. The zero-order valence-electron chi connectivity index (χ0n) is 16.2. The molecular formula is C25H16ClNO3S. The summed E-state index contributed by atoms with van der Waals surface area (Å²) in [5.41, 5.74) is 1.78. The Morgan fingerprint density at radius 3 is 2.61 bits per heavy atom. The Kier molecular flexibility index (Phi) is 5.14. The normalized spacial score (nSPS) is 15.4. The molecule has 0 aliphatic carbocycles. The molecule has 2 amide bonds. The third-order valence-electron chi connectivity index (χ3n) is 5.09. The first-order valence-corrected chi connectivity index (χ1v) is 10.9. The summed E-state index contributed by atoms with van der Waals surface area (Å²) in [5.74, 6) is 0.831. The summed E-state index contributed by atoms with van der Waals surface area (Å²) in [6.45, 7) is 0.231. The average molecular weight is 446 g/mol. The molecule has 6 heteroatoms. The maximum atomic E-state index is 12.9. The van der Waals surface area contributed by atoms with E-state index < -0.39 is 0 Å². The molecular weight excluding hydrogens is 430 g/mol. The van der Waals surface area contributed by atoms with Crippen LogP contribution < -0.4 is 0 Å². The molecule has 0 saturated carbocycles. The van der Waals surface area contributed by atoms with Crippen molar-refractivity contribution >= 4 is 51.4 Å². The molecule has 2 heterocycles. The van der Waals surface area contributed by atoms with E-state index in [1.807, 2.05) is 66.7 Å². The summed E-state index contributed by atoms with van der Waals surface area (Å²) >= 11 is 6.97. The molecule has 0 unspecified atom stereocenters. The number of thioether (sulfide) groups is 1. The summed E-state index contributed by atoms with van der Waals surface area (Å²) in [5, 5.41) is 2.44. The van der Waals surface area contributed by atoms with Gasteiger partial charge in [-0.15, -0.1) is 0 Å². The number of carbonyl (C=O) groups is 2. The Morgan fingerprint density at radius 1 is 0.935 bits per heavy atom. The molecule has 1 aliphatic heterocycles. The van der Waals surface area contributed by atoms with Crippen LogP contribution in [0.3, 0.4) is 0 Å². The summed E-state index contributed by atoms with van der Waals surface area (Å²) in [4.78, 5) is 27.1. The zero-order chi connectivity index (χ0) is 21.4. The minimum absolute atomic E-state index is 0.231. The minimum Gasteiger partial charge on any atom is -0.457 e. The van der Waals surface area contributed by atoms with E-state index in [-0.39, 0.29) is 17.7 Å². The molecule has 4 aromatic rings. The number of carbonyl (C=O) groups excluding carboxylic acids is 2. The van der Waals surface area contributed by atoms with E-state index in [0.717, 1.165) is 33.7 Å². The maximum Gasteiger partial charge on any atom is 0.293 e. The molecule has 31 heavy (non-hydrogen) atoms. The van der Waals surface area contributed by atoms with Gasteiger partial charge in [-0.05, 0) is 52.4 Å². The monoisotopic (exact) mass is 445 g/mol. The van der Waals surface area contributed by atoms with Gasteiger partial charge in [-0.2, -0.15) is 0 Å². The van der Waals surface area contributed by atoms with Crippen LogP contribution in [-0.2, 0) is 11.3 Å². The quantitative estimate of drug-likeness (QED) is 0.317. The fourth-order valence-corrected chi connectivity index (χ4v) is 4.60. The molecule has 0 atom stereocenters. The molecule has 5 rings (SSSR count). The molecule has 1 aliphatic rings. The van der Waals surface area contributed by atoms with Crippen LogP contribution in [0.15, 0.2) is 88.2 Å². The largest absolute Gasteiger partial charge is 0.457 e. The van der Waals surface area contributed by atoms with E-state index in [1.165, 1.54) is 4.90 Å². The van der Waals surface area contributed by atoms with Crippen LogP contribution in [0.1, 0.15) is 11.3 Å². The van der Waals surface area contributed by atoms with Crippen molar-refractivity contribution in [3.63, 3.8) is 0 Å². The number of rotatable bonds is 4. The Morgan fingerprint density at radius 2 is 1.74 bits per heavy atom. The van der Waals surface area contributed by atoms with Crippen molar-refractivity contribution < 1.29 is 14.0 Å². The summed E-state index contributed by atoms with van der Waals surface area (Å²) in [7, 11) is 0. The number of hydrogen-bond acceptors (Lipinski definition) is 4. The lowest BCUT2D eigenvalue weighted by molar-refractivity contribution is -0.123. The average Bonchev–Trinajstić information content (AvgIpc) is 3.34. The van der Waals surface area contributed by atoms with Crippen molar-refractivity contribution in [2.45, 2.75) is 6.54 Å². The lowest BCUT2D eigenvalue weighted by Crippen LogP contribution is -2.27. The first-order valence-electron chi connectivity index (χ1n) is 9.66. The smallest absolute Gasteiger partial charge is 0.293 e. The van der Waals surface area contributed by atoms with Crippen LogP contribution in [0.5, 0.6) is 0 Å². The van der Waals surface area contributed by atoms with Gasteiger partial charge in [0.1, 0.15) is 11.5 Å². The van der Waals surface area contributed by atoms with Crippen LogP contribution in [0.2, 0.25) is 5.02 Å². The van der Waals surface area contributed by atoms with Gasteiger partial charge in [-0.1, -0.05) is 66.2 Å². The molecule has 0 bridgehead atoms. The molecule has 0 radical (unpaired) electrons. The van der Waals surface area contributed by atoms with E-state index >= 15 is 0 Å². The molecule has 0 N–H and O–H groups in total. The first-order chi connectivity index (χ1) is 15.1. The molecule has 1 saturated heterocycles. The van der Waals surface area contributed by atoms with Crippen molar-refractivity contribution in [1.29, 1.82) is 0 Å². The summed E-state index contributed by atoms with van der Waals surface area (Å²) in [6.07, 6.45) is 1.61. The second-order valence-corrected chi connectivity index (χ2v) is 8.55. The van der Waals surface area contributed by atoms with Crippen molar-refractivity contribution in [3.8, 4) is 11.3 Å². The predicted molar refractivity (Wildman–Crippen MR) is 125 cm³/mol. The zero-order valence-corrected chi connectivity index (χ0v) is 17.8. The number of furan rings is 1. The number of hydrogen-bond donors (Lipinski definition) is 0. The standard InChI is InChI=1S/C25H16ClNO3S/c26-19-9-4-7-17(13-19)22-12-11-20(30-22)14-23-24(28)27(25(29)31-23)15-18-8-3-6-16-5-1-2-10-21(16)18/h1-14H,15H2/b23-14+. The molecule has 4 nitrogen and oxygen atoms in total. The number of amides is 2. The van der Waals surface area contributed by atoms with Crippen LogP contribution in [0, 0.1) is 0 Å². The number of halogens is 1. The fourth-order valence-electron chi connectivity index (χ4n) is 3.59. The highest BCUT2D eigenvalue weighted by molar-refractivity contribution is 8.18. The van der Waals surface area contributed by atoms with Gasteiger partial charge in [0.05, 0.1) is 11.4 Å². The van der Waals surface area contributed by atoms with Crippen LogP contribution in [0.4, 0.5) is 4.79 Å². The van der Waals surface area contributed by atoms with Gasteiger partial charge in [0.15, 0.2) is 0 Å². The Bertz CT molecular complexity index is 1350. The van der Waals surface area contributed by atoms with E-state index in [9.17, 15) is 9.59 Å². The highest BCUT2D eigenvalue weighted by Crippen LogP contribution is 2.35. The fraction of sp³-hybridized carbons (Fsp3) is 0.0400. The predicted octanol–water partition coefficient (Wildman–Crippen LogP) is 6.99. The molecule has 1 fully saturated rings. The number of imide groups is 1. The third-order valence-corrected chi connectivity index (χ3v) is 6.23. The van der Waals surface area contributed by atoms with E-state index in [4.69, 9.17) is 16.0 Å². The molecule has 0 spiro atoms. The minimum atomic E-state index is -0.316. The Balaban J connectivity index is 1.39. The highest BCUT2D eigenvalue weighted by Gasteiger charge is 2.35. The highest BCUT2D eigenvalue weighted by atomic mass is 35.5. The second kappa shape index (κ2) is 8.10. The maximum absolute atomic E-state index is 12.9. The molecule has 3 aromatic carbocycles. The summed E-state index contributed by atoms with van der Waals surface area (Å²) < 4.78 is 5.85. The van der Waals surface area contributed by atoms with Crippen LogP contribution in [-0.4, -0.2) is 16.0 Å². The second-order valence-electron chi connectivity index (χ2n) is 7.12. The molecule has 1 aromatic heterocycles. The van der Waals surface area contributed by atoms with Gasteiger partial charge < -0.3 is 4.42 Å². The van der Waals surface area contributed by atoms with Gasteiger partial charge in [0, 0.05) is 16.7 Å². The van der Waals surface area contributed by atoms with E-state index in [2.05, 4.69) is 0 Å². The van der Waals surface area contributed by atoms with Crippen molar-refractivity contribution in [1.82, 2.24) is 4.90 Å². The number of benzene rings is 3. The van der Waals surface area contributed by atoms with Crippen molar-refractivity contribution in [2.24, 2.45) is 0 Å². The Labute approximate surface area is 188 Å². The van der Waals surface area contributed by atoms with Gasteiger partial charge in [-0.3, -0.25) is 14.5 Å². The Hall–Kier alpha value is -3.28. The van der Waals surface area contributed by atoms with Crippen molar-refractivity contribution in [3.05, 3.63) is 100 Å². The van der Waals surface area contributed by atoms with Gasteiger partial charge >= 0.3 is 0 Å². The lowest BCUT2D eigenvalue weighted by Gasteiger charge is -2.14.